The normalized spacial score (nSPS) is 12.2. The molecule has 0 aliphatic carbocycles. The molecule has 0 spiro atoms. The van der Waals surface area contributed by atoms with Crippen molar-refractivity contribution >= 4 is 0 Å². The molecule has 0 fully saturated rings. The highest BCUT2D eigenvalue weighted by atomic mass is 16.3. The molecule has 0 radical (unpaired) electrons. The van der Waals surface area contributed by atoms with Gasteiger partial charge in [0.1, 0.15) is 0 Å². The van der Waals surface area contributed by atoms with Gasteiger partial charge in [0.25, 0.3) is 0 Å². The summed E-state index contributed by atoms with van der Waals surface area (Å²) < 4.78 is 0. The monoisotopic (exact) mass is 249 g/mol. The van der Waals surface area contributed by atoms with Crippen molar-refractivity contribution in [2.45, 2.75) is 41.2 Å². The third-order valence-corrected chi connectivity index (χ3v) is 3.39. The number of nitrogens with zero attached hydrogens (tertiary/aromatic N) is 1. The van der Waals surface area contributed by atoms with E-state index in [-0.39, 0.29) is 12.0 Å². The van der Waals surface area contributed by atoms with Crippen LogP contribution in [0.5, 0.6) is 0 Å². The number of aliphatic hydroxyl groups is 1. The molecule has 0 bridgehead atoms. The fourth-order valence-corrected chi connectivity index (χ4v) is 2.57. The summed E-state index contributed by atoms with van der Waals surface area (Å²) in [5.74, 6) is 0. The highest BCUT2D eigenvalue weighted by Gasteiger charge is 2.19. The quantitative estimate of drug-likeness (QED) is 0.867. The summed E-state index contributed by atoms with van der Waals surface area (Å²) in [4.78, 5) is 2.29. The van der Waals surface area contributed by atoms with E-state index in [4.69, 9.17) is 0 Å². The van der Waals surface area contributed by atoms with Crippen LogP contribution in [0.2, 0.25) is 0 Å². The van der Waals surface area contributed by atoms with E-state index < -0.39 is 0 Å². The molecule has 0 aliphatic heterocycles. The Morgan fingerprint density at radius 1 is 1.11 bits per heavy atom. The van der Waals surface area contributed by atoms with Gasteiger partial charge in [0.2, 0.25) is 0 Å². The first-order chi connectivity index (χ1) is 8.25. The topological polar surface area (TPSA) is 23.5 Å². The molecule has 0 atom stereocenters. The standard InChI is InChI=1S/C16H27NO/c1-12-7-13(2)15(14(3)8-12)9-17(6)10-16(4,5)11-18/h7-8,18H,9-11H2,1-6H3. The molecular formula is C16H27NO. The Labute approximate surface area is 112 Å². The maximum Gasteiger partial charge on any atom is 0.0494 e. The number of hydrogen-bond donors (Lipinski definition) is 1. The first-order valence-corrected chi connectivity index (χ1v) is 6.61. The molecule has 2 heteroatoms. The van der Waals surface area contributed by atoms with Crippen LogP contribution in [0.15, 0.2) is 12.1 Å². The maximum absolute atomic E-state index is 9.33. The van der Waals surface area contributed by atoms with Gasteiger partial charge in [0.05, 0.1) is 0 Å². The van der Waals surface area contributed by atoms with Crippen molar-refractivity contribution in [2.75, 3.05) is 20.2 Å². The predicted octanol–water partition coefficient (Wildman–Crippen LogP) is 3.06. The molecule has 0 aliphatic rings. The zero-order valence-electron chi connectivity index (χ0n) is 12.7. The largest absolute Gasteiger partial charge is 0.396 e. The van der Waals surface area contributed by atoms with Crippen LogP contribution in [0.3, 0.4) is 0 Å². The zero-order valence-corrected chi connectivity index (χ0v) is 12.7. The molecule has 1 rings (SSSR count). The van der Waals surface area contributed by atoms with Gasteiger partial charge in [0.15, 0.2) is 0 Å². The zero-order chi connectivity index (χ0) is 13.9. The third kappa shape index (κ3) is 4.11. The number of hydrogen-bond acceptors (Lipinski definition) is 2. The molecule has 18 heavy (non-hydrogen) atoms. The first kappa shape index (κ1) is 15.2. The second kappa shape index (κ2) is 5.85. The van der Waals surface area contributed by atoms with Crippen molar-refractivity contribution in [3.63, 3.8) is 0 Å². The molecule has 2 nitrogen and oxygen atoms in total. The highest BCUT2D eigenvalue weighted by molar-refractivity contribution is 5.37. The van der Waals surface area contributed by atoms with Crippen LogP contribution in [0.1, 0.15) is 36.1 Å². The Kier molecular flexibility index (Phi) is 4.94. The molecule has 0 aromatic heterocycles. The molecule has 1 aromatic rings. The van der Waals surface area contributed by atoms with Gasteiger partial charge in [-0.15, -0.1) is 0 Å². The van der Waals surface area contributed by atoms with E-state index in [1.165, 1.54) is 22.3 Å². The number of aryl methyl sites for hydroxylation is 3. The van der Waals surface area contributed by atoms with Crippen LogP contribution < -0.4 is 0 Å². The lowest BCUT2D eigenvalue weighted by atomic mass is 9.93. The summed E-state index contributed by atoms with van der Waals surface area (Å²) in [6.07, 6.45) is 0. The Balaban J connectivity index is 2.79. The molecule has 1 aromatic carbocycles. The fourth-order valence-electron chi connectivity index (χ4n) is 2.57. The van der Waals surface area contributed by atoms with E-state index in [9.17, 15) is 5.11 Å². The summed E-state index contributed by atoms with van der Waals surface area (Å²) in [5.41, 5.74) is 5.42. The van der Waals surface area contributed by atoms with E-state index in [1.54, 1.807) is 0 Å². The van der Waals surface area contributed by atoms with Gasteiger partial charge in [0, 0.05) is 25.1 Å². The summed E-state index contributed by atoms with van der Waals surface area (Å²) >= 11 is 0. The molecule has 0 saturated carbocycles. The van der Waals surface area contributed by atoms with Crippen LogP contribution in [-0.2, 0) is 6.54 Å². The number of aliphatic hydroxyl groups excluding tert-OH is 1. The van der Waals surface area contributed by atoms with Crippen LogP contribution in [-0.4, -0.2) is 30.2 Å². The Bertz CT molecular complexity index is 387. The second-order valence-electron chi connectivity index (χ2n) is 6.37. The molecule has 0 unspecified atom stereocenters. The van der Waals surface area contributed by atoms with Gasteiger partial charge in [-0.3, -0.25) is 0 Å². The van der Waals surface area contributed by atoms with E-state index >= 15 is 0 Å². The molecule has 0 amide bonds. The van der Waals surface area contributed by atoms with E-state index in [0.29, 0.717) is 0 Å². The lowest BCUT2D eigenvalue weighted by Gasteiger charge is -2.29. The molecule has 0 saturated heterocycles. The van der Waals surface area contributed by atoms with Crippen LogP contribution >= 0.6 is 0 Å². The Morgan fingerprint density at radius 2 is 1.61 bits per heavy atom. The number of benzene rings is 1. The first-order valence-electron chi connectivity index (χ1n) is 6.61. The maximum atomic E-state index is 9.33. The molecular weight excluding hydrogens is 222 g/mol. The van der Waals surface area contributed by atoms with Crippen LogP contribution in [0.4, 0.5) is 0 Å². The van der Waals surface area contributed by atoms with E-state index in [0.717, 1.165) is 13.1 Å². The summed E-state index contributed by atoms with van der Waals surface area (Å²) in [6, 6.07) is 4.49. The summed E-state index contributed by atoms with van der Waals surface area (Å²) in [7, 11) is 2.12. The average Bonchev–Trinajstić information content (AvgIpc) is 2.22. The van der Waals surface area contributed by atoms with E-state index in [1.807, 2.05) is 0 Å². The lowest BCUT2D eigenvalue weighted by molar-refractivity contribution is 0.112. The van der Waals surface area contributed by atoms with Crippen LogP contribution in [0.25, 0.3) is 0 Å². The minimum absolute atomic E-state index is 0.0404. The van der Waals surface area contributed by atoms with Gasteiger partial charge in [-0.05, 0) is 44.5 Å². The smallest absolute Gasteiger partial charge is 0.0494 e. The van der Waals surface area contributed by atoms with Gasteiger partial charge in [-0.1, -0.05) is 31.5 Å². The minimum Gasteiger partial charge on any atom is -0.396 e. The van der Waals surface area contributed by atoms with Crippen LogP contribution in [0, 0.1) is 26.2 Å². The van der Waals surface area contributed by atoms with Crippen molar-refractivity contribution in [1.29, 1.82) is 0 Å². The molecule has 102 valence electrons. The van der Waals surface area contributed by atoms with Gasteiger partial charge in [-0.2, -0.15) is 0 Å². The molecule has 0 heterocycles. The Hall–Kier alpha value is -0.860. The van der Waals surface area contributed by atoms with Gasteiger partial charge >= 0.3 is 0 Å². The van der Waals surface area contributed by atoms with Crippen molar-refractivity contribution in [3.05, 3.63) is 34.4 Å². The van der Waals surface area contributed by atoms with Crippen molar-refractivity contribution in [1.82, 2.24) is 4.90 Å². The third-order valence-electron chi connectivity index (χ3n) is 3.39. The van der Waals surface area contributed by atoms with Crippen molar-refractivity contribution < 1.29 is 5.11 Å². The van der Waals surface area contributed by atoms with E-state index in [2.05, 4.69) is 58.7 Å². The minimum atomic E-state index is -0.0404. The van der Waals surface area contributed by atoms with Crippen molar-refractivity contribution in [2.24, 2.45) is 5.41 Å². The molecule has 1 N–H and O–H groups in total. The summed E-state index contributed by atoms with van der Waals surface area (Å²) in [5, 5.41) is 9.33. The highest BCUT2D eigenvalue weighted by Crippen LogP contribution is 2.20. The SMILES string of the molecule is Cc1cc(C)c(CN(C)CC(C)(C)CO)c(C)c1. The average molecular weight is 249 g/mol. The Morgan fingerprint density at radius 3 is 2.06 bits per heavy atom. The van der Waals surface area contributed by atoms with Crippen molar-refractivity contribution in [3.8, 4) is 0 Å². The van der Waals surface area contributed by atoms with Gasteiger partial charge < -0.3 is 10.0 Å². The predicted molar refractivity (Wildman–Crippen MR) is 77.9 cm³/mol. The lowest BCUT2D eigenvalue weighted by Crippen LogP contribution is -2.33. The second-order valence-corrected chi connectivity index (χ2v) is 6.37. The number of rotatable bonds is 5. The summed E-state index contributed by atoms with van der Waals surface area (Å²) in [6.45, 7) is 12.8. The fraction of sp³-hybridized carbons (Fsp3) is 0.625. The van der Waals surface area contributed by atoms with Gasteiger partial charge in [-0.25, -0.2) is 0 Å².